The SMILES string of the molecule is Cc1cc(C)c2c(c1)OCC[N+](C)=C2c1ccccc1.[I-]. The number of hydrogen-bond donors (Lipinski definition) is 0. The van der Waals surface area contributed by atoms with Crippen LogP contribution in [0.15, 0.2) is 42.5 Å². The van der Waals surface area contributed by atoms with Crippen LogP contribution in [0.25, 0.3) is 0 Å². The molecule has 110 valence electrons. The normalized spacial score (nSPS) is 13.9. The van der Waals surface area contributed by atoms with Gasteiger partial charge in [-0.25, -0.2) is 4.58 Å². The summed E-state index contributed by atoms with van der Waals surface area (Å²) in [6, 6.07) is 14.9. The molecule has 0 N–H and O–H groups in total. The van der Waals surface area contributed by atoms with E-state index in [1.165, 1.54) is 28.0 Å². The summed E-state index contributed by atoms with van der Waals surface area (Å²) in [6.45, 7) is 5.91. The zero-order chi connectivity index (χ0) is 14.1. The fourth-order valence-electron chi connectivity index (χ4n) is 2.90. The minimum atomic E-state index is 0. The Hall–Kier alpha value is -1.36. The molecule has 0 saturated heterocycles. The molecule has 3 rings (SSSR count). The van der Waals surface area contributed by atoms with Gasteiger partial charge in [-0.05, 0) is 43.2 Å². The molecule has 0 bridgehead atoms. The molecule has 1 aliphatic heterocycles. The fourth-order valence-corrected chi connectivity index (χ4v) is 2.90. The van der Waals surface area contributed by atoms with Gasteiger partial charge in [-0.1, -0.05) is 24.3 Å². The van der Waals surface area contributed by atoms with Gasteiger partial charge in [-0.3, -0.25) is 0 Å². The second-order valence-corrected chi connectivity index (χ2v) is 5.44. The third kappa shape index (κ3) is 3.12. The molecule has 0 radical (unpaired) electrons. The van der Waals surface area contributed by atoms with Gasteiger partial charge in [-0.15, -0.1) is 0 Å². The van der Waals surface area contributed by atoms with E-state index in [4.69, 9.17) is 4.74 Å². The molecule has 0 saturated carbocycles. The van der Waals surface area contributed by atoms with E-state index < -0.39 is 0 Å². The lowest BCUT2D eigenvalue weighted by molar-refractivity contribution is -0.496. The highest BCUT2D eigenvalue weighted by Gasteiger charge is 2.26. The summed E-state index contributed by atoms with van der Waals surface area (Å²) >= 11 is 0. The van der Waals surface area contributed by atoms with Crippen LogP contribution < -0.4 is 28.7 Å². The van der Waals surface area contributed by atoms with Crippen LogP contribution >= 0.6 is 0 Å². The van der Waals surface area contributed by atoms with Gasteiger partial charge >= 0.3 is 0 Å². The van der Waals surface area contributed by atoms with Crippen LogP contribution in [-0.2, 0) is 0 Å². The molecule has 2 nitrogen and oxygen atoms in total. The van der Waals surface area contributed by atoms with Crippen molar-refractivity contribution in [3.8, 4) is 5.75 Å². The topological polar surface area (TPSA) is 12.2 Å². The molecule has 0 unspecified atom stereocenters. The monoisotopic (exact) mass is 393 g/mol. The predicted molar refractivity (Wildman–Crippen MR) is 82.1 cm³/mol. The fraction of sp³-hybridized carbons (Fsp3) is 0.278. The zero-order valence-corrected chi connectivity index (χ0v) is 14.8. The quantitative estimate of drug-likeness (QED) is 0.498. The van der Waals surface area contributed by atoms with Crippen LogP contribution in [0.1, 0.15) is 22.3 Å². The number of likely N-dealkylation sites (N-methyl/N-ethyl adjacent to an activating group) is 1. The van der Waals surface area contributed by atoms with Crippen molar-refractivity contribution < 1.29 is 33.3 Å². The Balaban J connectivity index is 0.00000161. The van der Waals surface area contributed by atoms with E-state index in [2.05, 4.69) is 67.9 Å². The first-order valence-electron chi connectivity index (χ1n) is 7.05. The summed E-state index contributed by atoms with van der Waals surface area (Å²) in [5, 5.41) is 0. The van der Waals surface area contributed by atoms with E-state index in [1.807, 2.05) is 0 Å². The molecule has 0 atom stereocenters. The van der Waals surface area contributed by atoms with Gasteiger partial charge in [0.1, 0.15) is 19.4 Å². The molecule has 1 heterocycles. The van der Waals surface area contributed by atoms with E-state index in [0.717, 1.165) is 18.9 Å². The lowest BCUT2D eigenvalue weighted by atomic mass is 9.95. The largest absolute Gasteiger partial charge is 1.00 e. The van der Waals surface area contributed by atoms with Crippen molar-refractivity contribution in [1.82, 2.24) is 0 Å². The standard InChI is InChI=1S/C18H20NO.HI/c1-13-11-14(2)17-16(12-13)20-10-9-19(3)18(17)15-7-5-4-6-8-15;/h4-8,11-12H,9-10H2,1-3H3;1H/q+1;/p-1. The average molecular weight is 393 g/mol. The molecular weight excluding hydrogens is 373 g/mol. The van der Waals surface area contributed by atoms with Crippen molar-refractivity contribution in [3.05, 3.63) is 64.7 Å². The first kappa shape index (κ1) is 16.0. The molecule has 0 spiro atoms. The average Bonchev–Trinajstić information content (AvgIpc) is 2.58. The molecule has 2 aromatic rings. The van der Waals surface area contributed by atoms with Crippen LogP contribution in [0.2, 0.25) is 0 Å². The van der Waals surface area contributed by atoms with Crippen LogP contribution in [0.3, 0.4) is 0 Å². The van der Waals surface area contributed by atoms with Gasteiger partial charge in [0.25, 0.3) is 0 Å². The molecule has 1 aliphatic rings. The third-order valence-electron chi connectivity index (χ3n) is 3.79. The minimum Gasteiger partial charge on any atom is -1.00 e. The van der Waals surface area contributed by atoms with Crippen LogP contribution in [0, 0.1) is 13.8 Å². The molecule has 0 aromatic heterocycles. The molecule has 0 fully saturated rings. The van der Waals surface area contributed by atoms with Crippen LogP contribution in [-0.4, -0.2) is 30.5 Å². The van der Waals surface area contributed by atoms with Crippen molar-refractivity contribution in [1.29, 1.82) is 0 Å². The van der Waals surface area contributed by atoms with Gasteiger partial charge in [-0.2, -0.15) is 0 Å². The second-order valence-electron chi connectivity index (χ2n) is 5.44. The van der Waals surface area contributed by atoms with Crippen molar-refractivity contribution in [3.63, 3.8) is 0 Å². The summed E-state index contributed by atoms with van der Waals surface area (Å²) < 4.78 is 8.26. The van der Waals surface area contributed by atoms with Gasteiger partial charge < -0.3 is 28.7 Å². The van der Waals surface area contributed by atoms with Crippen molar-refractivity contribution >= 4 is 5.71 Å². The van der Waals surface area contributed by atoms with Gasteiger partial charge in [0.15, 0.2) is 6.54 Å². The lowest BCUT2D eigenvalue weighted by Crippen LogP contribution is -3.00. The number of benzene rings is 2. The Morgan fingerprint density at radius 1 is 1.05 bits per heavy atom. The number of fused-ring (bicyclic) bond motifs is 1. The zero-order valence-electron chi connectivity index (χ0n) is 12.7. The van der Waals surface area contributed by atoms with Crippen LogP contribution in [0.5, 0.6) is 5.75 Å². The Bertz CT molecular complexity index is 677. The number of ether oxygens (including phenoxy) is 1. The lowest BCUT2D eigenvalue weighted by Gasteiger charge is -2.11. The maximum Gasteiger partial charge on any atom is 0.218 e. The maximum absolute atomic E-state index is 5.97. The molecule has 3 heteroatoms. The van der Waals surface area contributed by atoms with Crippen molar-refractivity contribution in [2.45, 2.75) is 13.8 Å². The number of nitrogens with zero attached hydrogens (tertiary/aromatic N) is 1. The molecule has 21 heavy (non-hydrogen) atoms. The van der Waals surface area contributed by atoms with E-state index in [9.17, 15) is 0 Å². The highest BCUT2D eigenvalue weighted by molar-refractivity contribution is 6.12. The summed E-state index contributed by atoms with van der Waals surface area (Å²) in [7, 11) is 2.14. The summed E-state index contributed by atoms with van der Waals surface area (Å²) in [5.74, 6) is 1.01. The summed E-state index contributed by atoms with van der Waals surface area (Å²) in [5.41, 5.74) is 6.25. The Morgan fingerprint density at radius 3 is 2.48 bits per heavy atom. The van der Waals surface area contributed by atoms with E-state index in [0.29, 0.717) is 0 Å². The maximum atomic E-state index is 5.97. The third-order valence-corrected chi connectivity index (χ3v) is 3.79. The smallest absolute Gasteiger partial charge is 0.218 e. The van der Waals surface area contributed by atoms with Gasteiger partial charge in [0.2, 0.25) is 5.71 Å². The number of hydrogen-bond acceptors (Lipinski definition) is 1. The van der Waals surface area contributed by atoms with Crippen molar-refractivity contribution in [2.24, 2.45) is 0 Å². The predicted octanol–water partition coefficient (Wildman–Crippen LogP) is 0.180. The van der Waals surface area contributed by atoms with Gasteiger partial charge in [0, 0.05) is 5.56 Å². The highest BCUT2D eigenvalue weighted by Crippen LogP contribution is 2.28. The van der Waals surface area contributed by atoms with Crippen molar-refractivity contribution in [2.75, 3.05) is 20.2 Å². The number of halogens is 1. The van der Waals surface area contributed by atoms with E-state index in [-0.39, 0.29) is 24.0 Å². The Labute approximate surface area is 143 Å². The minimum absolute atomic E-state index is 0. The molecular formula is C18H20INO. The highest BCUT2D eigenvalue weighted by atomic mass is 127. The van der Waals surface area contributed by atoms with Gasteiger partial charge in [0.05, 0.1) is 5.56 Å². The Morgan fingerprint density at radius 2 is 1.76 bits per heavy atom. The molecule has 0 aliphatic carbocycles. The van der Waals surface area contributed by atoms with E-state index in [1.54, 1.807) is 0 Å². The molecule has 2 aromatic carbocycles. The second kappa shape index (κ2) is 6.60. The molecule has 0 amide bonds. The summed E-state index contributed by atoms with van der Waals surface area (Å²) in [6.07, 6.45) is 0. The first-order chi connectivity index (χ1) is 9.66. The van der Waals surface area contributed by atoms with Crippen LogP contribution in [0.4, 0.5) is 0 Å². The first-order valence-corrected chi connectivity index (χ1v) is 7.05. The summed E-state index contributed by atoms with van der Waals surface area (Å²) in [4.78, 5) is 0. The van der Waals surface area contributed by atoms with E-state index >= 15 is 0 Å². The number of rotatable bonds is 1. The number of aryl methyl sites for hydroxylation is 2. The Kier molecular flexibility index (Phi) is 5.04.